The van der Waals surface area contributed by atoms with Gasteiger partial charge in [-0.05, 0) is 31.5 Å². The largest absolute Gasteiger partial charge is 0.491 e. The zero-order valence-electron chi connectivity index (χ0n) is 12.5. The minimum atomic E-state index is -0.471. The van der Waals surface area contributed by atoms with E-state index in [9.17, 15) is 10.1 Å². The Balaban J connectivity index is 2.44. The normalized spacial score (nSPS) is 15.6. The van der Waals surface area contributed by atoms with Gasteiger partial charge in [-0.25, -0.2) is 0 Å². The van der Waals surface area contributed by atoms with Crippen LogP contribution in [0.1, 0.15) is 25.3 Å². The van der Waals surface area contributed by atoms with Crippen molar-refractivity contribution in [1.29, 1.82) is 0 Å². The molecule has 1 aromatic rings. The van der Waals surface area contributed by atoms with E-state index in [0.717, 1.165) is 37.1 Å². The van der Waals surface area contributed by atoms with E-state index in [1.165, 1.54) is 6.07 Å². The maximum Gasteiger partial charge on any atom is 0.295 e. The van der Waals surface area contributed by atoms with Crippen molar-refractivity contribution < 1.29 is 9.66 Å². The van der Waals surface area contributed by atoms with Crippen LogP contribution in [0.15, 0.2) is 18.2 Å². The average Bonchev–Trinajstić information content (AvgIpc) is 2.46. The Kier molecular flexibility index (Phi) is 4.80. The van der Waals surface area contributed by atoms with Crippen molar-refractivity contribution in [3.8, 4) is 5.75 Å². The number of benzene rings is 1. The van der Waals surface area contributed by atoms with Gasteiger partial charge in [-0.15, -0.1) is 0 Å². The molecule has 21 heavy (non-hydrogen) atoms. The summed E-state index contributed by atoms with van der Waals surface area (Å²) in [4.78, 5) is 12.8. The van der Waals surface area contributed by atoms with Crippen molar-refractivity contribution in [2.75, 3.05) is 32.5 Å². The van der Waals surface area contributed by atoms with Crippen molar-refractivity contribution >= 4 is 16.9 Å². The smallest absolute Gasteiger partial charge is 0.295 e. The number of nitro groups is 1. The lowest BCUT2D eigenvalue weighted by atomic mass is 9.97. The Morgan fingerprint density at radius 2 is 2.24 bits per heavy atom. The molecule has 1 aromatic carbocycles. The number of nitrogens with two attached hydrogens (primary N) is 1. The summed E-state index contributed by atoms with van der Waals surface area (Å²) in [5, 5.41) is 11.0. The van der Waals surface area contributed by atoms with Crippen molar-refractivity contribution in [2.24, 2.45) is 0 Å². The topological polar surface area (TPSA) is 81.6 Å². The van der Waals surface area contributed by atoms with Crippen molar-refractivity contribution in [1.82, 2.24) is 4.90 Å². The molecule has 0 atom stereocenters. The first-order valence-corrected chi connectivity index (χ1v) is 7.12. The summed E-state index contributed by atoms with van der Waals surface area (Å²) < 4.78 is 5.70. The molecule has 0 fully saturated rings. The summed E-state index contributed by atoms with van der Waals surface area (Å²) in [5.74, 6) is 0.446. The van der Waals surface area contributed by atoms with Crippen LogP contribution in [0.2, 0.25) is 0 Å². The summed E-state index contributed by atoms with van der Waals surface area (Å²) in [7, 11) is 2.06. The van der Waals surface area contributed by atoms with Crippen molar-refractivity contribution in [2.45, 2.75) is 19.8 Å². The summed E-state index contributed by atoms with van der Waals surface area (Å²) >= 11 is 0. The molecule has 1 aliphatic rings. The predicted molar refractivity (Wildman–Crippen MR) is 83.4 cm³/mol. The fourth-order valence-corrected chi connectivity index (χ4v) is 2.38. The van der Waals surface area contributed by atoms with Gasteiger partial charge in [0.2, 0.25) is 0 Å². The highest BCUT2D eigenvalue weighted by Crippen LogP contribution is 2.39. The molecule has 0 aromatic heterocycles. The van der Waals surface area contributed by atoms with Crippen LogP contribution >= 0.6 is 0 Å². The van der Waals surface area contributed by atoms with E-state index in [1.54, 1.807) is 6.07 Å². The second kappa shape index (κ2) is 6.58. The predicted octanol–water partition coefficient (Wildman–Crippen LogP) is 2.68. The number of rotatable bonds is 5. The number of hydrogen-bond donors (Lipinski definition) is 1. The SMILES string of the molecule is CCCOc1c(C2=CCN(C)CC2)ccc([N+](=O)[O-])c1N. The molecule has 0 radical (unpaired) electrons. The van der Waals surface area contributed by atoms with Crippen molar-refractivity contribution in [3.05, 3.63) is 33.9 Å². The first-order chi connectivity index (χ1) is 10.0. The van der Waals surface area contributed by atoms with E-state index >= 15 is 0 Å². The number of nitrogens with zero attached hydrogens (tertiary/aromatic N) is 2. The third kappa shape index (κ3) is 3.33. The van der Waals surface area contributed by atoms with Crippen LogP contribution in [0.4, 0.5) is 11.4 Å². The molecule has 6 nitrogen and oxygen atoms in total. The van der Waals surface area contributed by atoms with Crippen LogP contribution in [0.25, 0.3) is 5.57 Å². The molecule has 0 saturated heterocycles. The van der Waals surface area contributed by atoms with Crippen LogP contribution in [-0.4, -0.2) is 36.6 Å². The van der Waals surface area contributed by atoms with E-state index in [-0.39, 0.29) is 11.4 Å². The van der Waals surface area contributed by atoms with E-state index in [2.05, 4.69) is 18.0 Å². The molecule has 0 amide bonds. The van der Waals surface area contributed by atoms with E-state index < -0.39 is 4.92 Å². The highest BCUT2D eigenvalue weighted by atomic mass is 16.6. The monoisotopic (exact) mass is 291 g/mol. The minimum Gasteiger partial charge on any atom is -0.491 e. The van der Waals surface area contributed by atoms with E-state index in [4.69, 9.17) is 10.5 Å². The van der Waals surface area contributed by atoms with Crippen LogP contribution < -0.4 is 10.5 Å². The van der Waals surface area contributed by atoms with Crippen LogP contribution in [0, 0.1) is 10.1 Å². The third-order valence-corrected chi connectivity index (χ3v) is 3.58. The highest BCUT2D eigenvalue weighted by Gasteiger charge is 2.22. The molecule has 2 rings (SSSR count). The highest BCUT2D eigenvalue weighted by molar-refractivity contribution is 5.81. The molecular weight excluding hydrogens is 270 g/mol. The van der Waals surface area contributed by atoms with Gasteiger partial charge in [0.25, 0.3) is 5.69 Å². The Hall–Kier alpha value is -2.08. The van der Waals surface area contributed by atoms with Gasteiger partial charge < -0.3 is 15.4 Å². The number of likely N-dealkylation sites (N-methyl/N-ethyl adjacent to an activating group) is 1. The van der Waals surface area contributed by atoms with Gasteiger partial charge >= 0.3 is 0 Å². The Morgan fingerprint density at radius 1 is 1.48 bits per heavy atom. The molecule has 0 spiro atoms. The molecule has 6 heteroatoms. The van der Waals surface area contributed by atoms with Gasteiger partial charge in [0.05, 0.1) is 11.5 Å². The molecule has 1 aliphatic heterocycles. The maximum absolute atomic E-state index is 11.0. The van der Waals surface area contributed by atoms with Gasteiger partial charge in [0, 0.05) is 24.7 Å². The number of nitro benzene ring substituents is 1. The molecule has 0 unspecified atom stereocenters. The molecule has 0 aliphatic carbocycles. The fourth-order valence-electron chi connectivity index (χ4n) is 2.38. The van der Waals surface area contributed by atoms with E-state index in [1.807, 2.05) is 6.92 Å². The molecule has 0 saturated carbocycles. The standard InChI is InChI=1S/C15H21N3O3/c1-3-10-21-15-12(11-6-8-17(2)9-7-11)4-5-13(14(15)16)18(19)20/h4-6H,3,7-10,16H2,1-2H3. The van der Waals surface area contributed by atoms with Gasteiger partial charge in [-0.1, -0.05) is 13.0 Å². The molecule has 2 N–H and O–H groups in total. The number of hydrogen-bond acceptors (Lipinski definition) is 5. The minimum absolute atomic E-state index is 0.0987. The number of anilines is 1. The summed E-state index contributed by atoms with van der Waals surface area (Å²) in [6.07, 6.45) is 3.84. The Morgan fingerprint density at radius 3 is 2.81 bits per heavy atom. The summed E-state index contributed by atoms with van der Waals surface area (Å²) in [5.41, 5.74) is 7.99. The van der Waals surface area contributed by atoms with Gasteiger partial charge in [-0.3, -0.25) is 10.1 Å². The first kappa shape index (κ1) is 15.3. The number of nitrogen functional groups attached to an aromatic ring is 1. The zero-order chi connectivity index (χ0) is 15.4. The first-order valence-electron chi connectivity index (χ1n) is 7.12. The van der Waals surface area contributed by atoms with Crippen molar-refractivity contribution in [3.63, 3.8) is 0 Å². The van der Waals surface area contributed by atoms with Crippen LogP contribution in [-0.2, 0) is 0 Å². The fraction of sp³-hybridized carbons (Fsp3) is 0.467. The second-order valence-corrected chi connectivity index (χ2v) is 5.22. The van der Waals surface area contributed by atoms with E-state index in [0.29, 0.717) is 12.4 Å². The summed E-state index contributed by atoms with van der Waals surface area (Å²) in [6.45, 7) is 4.29. The lowest BCUT2D eigenvalue weighted by Gasteiger charge is -2.23. The molecular formula is C15H21N3O3. The third-order valence-electron chi connectivity index (χ3n) is 3.58. The Bertz CT molecular complexity index is 570. The summed E-state index contributed by atoms with van der Waals surface area (Å²) in [6, 6.07) is 3.21. The van der Waals surface area contributed by atoms with Gasteiger partial charge in [-0.2, -0.15) is 0 Å². The zero-order valence-corrected chi connectivity index (χ0v) is 12.5. The molecule has 1 heterocycles. The average molecular weight is 291 g/mol. The lowest BCUT2D eigenvalue weighted by Crippen LogP contribution is -2.23. The Labute approximate surface area is 124 Å². The quantitative estimate of drug-likeness (QED) is 0.512. The van der Waals surface area contributed by atoms with Crippen LogP contribution in [0.5, 0.6) is 5.75 Å². The molecule has 0 bridgehead atoms. The number of ether oxygens (including phenoxy) is 1. The maximum atomic E-state index is 11.0. The lowest BCUT2D eigenvalue weighted by molar-refractivity contribution is -0.384. The van der Waals surface area contributed by atoms with Gasteiger partial charge in [0.15, 0.2) is 11.4 Å². The van der Waals surface area contributed by atoms with Gasteiger partial charge in [0.1, 0.15) is 0 Å². The second-order valence-electron chi connectivity index (χ2n) is 5.22. The molecule has 114 valence electrons. The van der Waals surface area contributed by atoms with Crippen LogP contribution in [0.3, 0.4) is 0 Å².